The zero-order valence-electron chi connectivity index (χ0n) is 33.1. The average molecular weight is 780 g/mol. The van der Waals surface area contributed by atoms with Crippen LogP contribution in [0.2, 0.25) is 0 Å². The molecule has 2 heterocycles. The number of fused-ring (bicyclic) bond motifs is 7. The number of para-hydroxylation sites is 1. The molecule has 4 heteroatoms. The minimum Gasteiger partial charge on any atom is -0.485 e. The van der Waals surface area contributed by atoms with Crippen LogP contribution in [0, 0.1) is 0 Å². The fourth-order valence-electron chi connectivity index (χ4n) is 9.20. The maximum absolute atomic E-state index is 6.38. The zero-order valence-corrected chi connectivity index (χ0v) is 33.1. The van der Waals surface area contributed by atoms with E-state index < -0.39 is 0 Å². The highest BCUT2D eigenvalue weighted by Gasteiger charge is 2.37. The van der Waals surface area contributed by atoms with Crippen LogP contribution in [0.3, 0.4) is 0 Å². The van der Waals surface area contributed by atoms with E-state index in [0.29, 0.717) is 17.5 Å². The van der Waals surface area contributed by atoms with Crippen LogP contribution in [0.25, 0.3) is 94.3 Å². The topological polar surface area (TPSA) is 47.9 Å². The number of benzene rings is 9. The first-order valence-corrected chi connectivity index (χ1v) is 20.8. The Morgan fingerprint density at radius 2 is 0.902 bits per heavy atom. The van der Waals surface area contributed by atoms with Crippen molar-refractivity contribution in [2.24, 2.45) is 0 Å². The van der Waals surface area contributed by atoms with Gasteiger partial charge in [0.2, 0.25) is 0 Å². The van der Waals surface area contributed by atoms with Gasteiger partial charge in [0.25, 0.3) is 0 Å². The van der Waals surface area contributed by atoms with Gasteiger partial charge in [-0.1, -0.05) is 164 Å². The highest BCUT2D eigenvalue weighted by atomic mass is 16.5. The van der Waals surface area contributed by atoms with E-state index in [1.165, 1.54) is 38.2 Å². The average Bonchev–Trinajstić information content (AvgIpc) is 3.73. The van der Waals surface area contributed by atoms with Crippen molar-refractivity contribution in [3.8, 4) is 62.2 Å². The van der Waals surface area contributed by atoms with Gasteiger partial charge in [-0.2, -0.15) is 0 Å². The lowest BCUT2D eigenvalue weighted by atomic mass is 9.81. The van der Waals surface area contributed by atoms with Crippen molar-refractivity contribution < 1.29 is 4.74 Å². The zero-order chi connectivity index (χ0) is 40.3. The third-order valence-corrected chi connectivity index (χ3v) is 12.2. The van der Waals surface area contributed by atoms with Crippen LogP contribution in [0.15, 0.2) is 212 Å². The Bertz CT molecular complexity index is 3350. The predicted octanol–water partition coefficient (Wildman–Crippen LogP) is 14.2. The molecule has 1 aliphatic heterocycles. The van der Waals surface area contributed by atoms with Crippen molar-refractivity contribution in [1.29, 1.82) is 0 Å². The molecule has 61 heavy (non-hydrogen) atoms. The molecule has 1 aliphatic carbocycles. The van der Waals surface area contributed by atoms with Gasteiger partial charge in [-0.05, 0) is 114 Å². The molecule has 0 fully saturated rings. The second-order valence-electron chi connectivity index (χ2n) is 15.9. The fourth-order valence-corrected chi connectivity index (χ4v) is 9.20. The van der Waals surface area contributed by atoms with Gasteiger partial charge in [0, 0.05) is 22.3 Å². The molecule has 2 aliphatic rings. The summed E-state index contributed by atoms with van der Waals surface area (Å²) in [6.07, 6.45) is 6.52. The van der Waals surface area contributed by atoms with Gasteiger partial charge in [-0.15, -0.1) is 0 Å². The number of rotatable bonds is 6. The standard InChI is InChI=1S/C57H37N3O/c1-3-12-36(13-4-1)45-32-46(37-14-5-2-6-15-37)34-47(33-45)57-59-55(58-56(60-57)43-29-26-40-25-24-39-16-7-8-17-48(39)51(40)35-43)42-28-23-38-22-27-41(30-44(38)31-42)49-19-11-21-53-54(49)50-18-9-10-20-52(50)61-53/h1-35,53-54H. The van der Waals surface area contributed by atoms with E-state index in [4.69, 9.17) is 19.7 Å². The molecule has 2 atom stereocenters. The Morgan fingerprint density at radius 3 is 1.64 bits per heavy atom. The van der Waals surface area contributed by atoms with Crippen LogP contribution in [-0.4, -0.2) is 21.1 Å². The second kappa shape index (κ2) is 14.4. The van der Waals surface area contributed by atoms with E-state index >= 15 is 0 Å². The molecule has 9 aromatic carbocycles. The fraction of sp³-hybridized carbons (Fsp3) is 0.0351. The minimum absolute atomic E-state index is 0.0163. The molecular weight excluding hydrogens is 743 g/mol. The summed E-state index contributed by atoms with van der Waals surface area (Å²) in [4.78, 5) is 15.9. The molecular formula is C57H37N3O. The van der Waals surface area contributed by atoms with Crippen molar-refractivity contribution in [1.82, 2.24) is 15.0 Å². The quantitative estimate of drug-likeness (QED) is 0.158. The van der Waals surface area contributed by atoms with E-state index in [2.05, 4.69) is 206 Å². The summed E-state index contributed by atoms with van der Waals surface area (Å²) in [6.45, 7) is 0. The Kier molecular flexibility index (Phi) is 8.27. The third-order valence-electron chi connectivity index (χ3n) is 12.2. The molecule has 0 amide bonds. The molecule has 12 rings (SSSR count). The molecule has 4 nitrogen and oxygen atoms in total. The van der Waals surface area contributed by atoms with Crippen molar-refractivity contribution in [3.05, 3.63) is 223 Å². The minimum atomic E-state index is -0.0163. The predicted molar refractivity (Wildman–Crippen MR) is 250 cm³/mol. The summed E-state index contributed by atoms with van der Waals surface area (Å²) in [5.41, 5.74) is 10.9. The Labute approximate surface area is 353 Å². The first-order valence-electron chi connectivity index (χ1n) is 20.8. The van der Waals surface area contributed by atoms with Crippen LogP contribution in [0.5, 0.6) is 5.75 Å². The molecule has 0 bridgehead atoms. The number of nitrogens with zero attached hydrogens (tertiary/aromatic N) is 3. The van der Waals surface area contributed by atoms with E-state index in [1.54, 1.807) is 0 Å². The number of allylic oxidation sites excluding steroid dienone is 2. The Hall–Kier alpha value is -7.95. The third kappa shape index (κ3) is 6.28. The van der Waals surface area contributed by atoms with Gasteiger partial charge in [-0.3, -0.25) is 0 Å². The van der Waals surface area contributed by atoms with E-state index in [-0.39, 0.29) is 12.0 Å². The second-order valence-corrected chi connectivity index (χ2v) is 15.9. The maximum atomic E-state index is 6.38. The highest BCUT2D eigenvalue weighted by molar-refractivity contribution is 6.08. The monoisotopic (exact) mass is 779 g/mol. The van der Waals surface area contributed by atoms with Crippen molar-refractivity contribution in [2.75, 3.05) is 0 Å². The molecule has 0 radical (unpaired) electrons. The van der Waals surface area contributed by atoms with Gasteiger partial charge >= 0.3 is 0 Å². The molecule has 1 aromatic heterocycles. The molecule has 286 valence electrons. The molecule has 2 unspecified atom stereocenters. The van der Waals surface area contributed by atoms with Gasteiger partial charge in [0.15, 0.2) is 17.5 Å². The molecule has 0 spiro atoms. The molecule has 0 N–H and O–H groups in total. The van der Waals surface area contributed by atoms with E-state index in [9.17, 15) is 0 Å². The van der Waals surface area contributed by atoms with Gasteiger partial charge in [0.05, 0.1) is 5.92 Å². The summed E-state index contributed by atoms with van der Waals surface area (Å²) in [7, 11) is 0. The highest BCUT2D eigenvalue weighted by Crippen LogP contribution is 2.48. The van der Waals surface area contributed by atoms with E-state index in [1.807, 2.05) is 6.07 Å². The van der Waals surface area contributed by atoms with Crippen LogP contribution in [-0.2, 0) is 0 Å². The summed E-state index contributed by atoms with van der Waals surface area (Å²) in [5, 5.41) is 7.01. The van der Waals surface area contributed by atoms with Gasteiger partial charge < -0.3 is 4.74 Å². The van der Waals surface area contributed by atoms with Crippen LogP contribution in [0.4, 0.5) is 0 Å². The molecule has 0 saturated heterocycles. The maximum Gasteiger partial charge on any atom is 0.164 e. The first kappa shape index (κ1) is 35.0. The summed E-state index contributed by atoms with van der Waals surface area (Å²) in [6, 6.07) is 68.8. The Balaban J connectivity index is 1.04. The van der Waals surface area contributed by atoms with Gasteiger partial charge in [0.1, 0.15) is 11.9 Å². The largest absolute Gasteiger partial charge is 0.485 e. The lowest BCUT2D eigenvalue weighted by molar-refractivity contribution is 0.271. The van der Waals surface area contributed by atoms with Crippen molar-refractivity contribution >= 4 is 37.9 Å². The lowest BCUT2D eigenvalue weighted by Crippen LogP contribution is -2.19. The number of ether oxygens (including phenoxy) is 1. The number of hydrogen-bond donors (Lipinski definition) is 0. The molecule has 10 aromatic rings. The van der Waals surface area contributed by atoms with Gasteiger partial charge in [-0.25, -0.2) is 15.0 Å². The summed E-state index contributed by atoms with van der Waals surface area (Å²) < 4.78 is 6.38. The molecule has 0 saturated carbocycles. The Morgan fingerprint density at radius 1 is 0.361 bits per heavy atom. The van der Waals surface area contributed by atoms with Crippen LogP contribution < -0.4 is 4.74 Å². The summed E-state index contributed by atoms with van der Waals surface area (Å²) >= 11 is 0. The van der Waals surface area contributed by atoms with Crippen LogP contribution >= 0.6 is 0 Å². The summed E-state index contributed by atoms with van der Waals surface area (Å²) in [5.74, 6) is 2.97. The first-order chi connectivity index (χ1) is 30.2. The van der Waals surface area contributed by atoms with Crippen molar-refractivity contribution in [3.63, 3.8) is 0 Å². The smallest absolute Gasteiger partial charge is 0.164 e. The normalized spacial score (nSPS) is 15.4. The number of aromatic nitrogens is 3. The SMILES string of the molecule is C1=CC2Oc3ccccc3C2C(c2ccc3ccc(-c4nc(-c5cc(-c6ccccc6)cc(-c6ccccc6)c5)nc(-c5ccc6ccc7ccccc7c6c5)n4)cc3c2)=C1. The van der Waals surface area contributed by atoms with Crippen LogP contribution in [0.1, 0.15) is 17.0 Å². The van der Waals surface area contributed by atoms with Crippen molar-refractivity contribution in [2.45, 2.75) is 12.0 Å². The number of hydrogen-bond acceptors (Lipinski definition) is 4. The lowest BCUT2D eigenvalue weighted by Gasteiger charge is -2.23. The van der Waals surface area contributed by atoms with E-state index in [0.717, 1.165) is 55.5 Å².